The van der Waals surface area contributed by atoms with Gasteiger partial charge in [-0.05, 0) is 35.9 Å². The summed E-state index contributed by atoms with van der Waals surface area (Å²) in [6.45, 7) is 0. The molecule has 3 aromatic rings. The Labute approximate surface area is 138 Å². The number of amides is 1. The van der Waals surface area contributed by atoms with Crippen molar-refractivity contribution in [2.45, 2.75) is 0 Å². The minimum Gasteiger partial charge on any atom is -0.453 e. The molecule has 0 atom stereocenters. The maximum atomic E-state index is 11.4. The molecular weight excluding hydrogens is 304 g/mol. The van der Waals surface area contributed by atoms with Crippen LogP contribution in [-0.4, -0.2) is 23.2 Å². The number of aromatic nitrogens is 2. The maximum Gasteiger partial charge on any atom is 0.411 e. The summed E-state index contributed by atoms with van der Waals surface area (Å²) >= 11 is 0. The van der Waals surface area contributed by atoms with Gasteiger partial charge in [0.1, 0.15) is 0 Å². The number of carbonyl (C=O) groups is 1. The van der Waals surface area contributed by atoms with E-state index in [0.717, 1.165) is 22.0 Å². The summed E-state index contributed by atoms with van der Waals surface area (Å²) in [7, 11) is 1.31. The lowest BCUT2D eigenvalue weighted by atomic mass is 10.0. The fourth-order valence-electron chi connectivity index (χ4n) is 2.39. The van der Waals surface area contributed by atoms with Gasteiger partial charge in [0.2, 0.25) is 0 Å². The summed E-state index contributed by atoms with van der Waals surface area (Å²) in [4.78, 5) is 18.5. The molecule has 6 nitrogen and oxygen atoms in total. The Morgan fingerprint density at radius 3 is 3.00 bits per heavy atom. The number of hydrogen-bond donors (Lipinski definition) is 2. The fraction of sp³-hybridized carbons (Fsp3) is 0.0556. The van der Waals surface area contributed by atoms with Crippen LogP contribution in [0.25, 0.3) is 22.6 Å². The quantitative estimate of drug-likeness (QED) is 0.718. The third kappa shape index (κ3) is 3.10. The van der Waals surface area contributed by atoms with E-state index in [1.165, 1.54) is 7.11 Å². The summed E-state index contributed by atoms with van der Waals surface area (Å²) < 4.78 is 4.60. The lowest BCUT2D eigenvalue weighted by Crippen LogP contribution is -2.10. The first-order valence-corrected chi connectivity index (χ1v) is 7.19. The molecule has 0 spiro atoms. The smallest absolute Gasteiger partial charge is 0.411 e. The monoisotopic (exact) mass is 318 g/mol. The van der Waals surface area contributed by atoms with E-state index in [1.807, 2.05) is 18.2 Å². The van der Waals surface area contributed by atoms with E-state index in [2.05, 4.69) is 26.1 Å². The van der Waals surface area contributed by atoms with Crippen LogP contribution in [0.3, 0.4) is 0 Å². The SMILES string of the molecule is COC(=O)Nc1ccc2[nH]cc(/C(C#N)=C/c3cccnc3)c2c1. The average Bonchev–Trinajstić information content (AvgIpc) is 3.03. The van der Waals surface area contributed by atoms with Crippen LogP contribution >= 0.6 is 0 Å². The minimum absolute atomic E-state index is 0.504. The van der Waals surface area contributed by atoms with E-state index in [9.17, 15) is 10.1 Å². The largest absolute Gasteiger partial charge is 0.453 e. The van der Waals surface area contributed by atoms with Crippen molar-refractivity contribution < 1.29 is 9.53 Å². The zero-order chi connectivity index (χ0) is 16.9. The molecular formula is C18H14N4O2. The van der Waals surface area contributed by atoms with Crippen LogP contribution in [-0.2, 0) is 4.74 Å². The number of methoxy groups -OCH3 is 1. The van der Waals surface area contributed by atoms with Gasteiger partial charge in [-0.15, -0.1) is 0 Å². The molecule has 0 radical (unpaired) electrons. The summed E-state index contributed by atoms with van der Waals surface area (Å²) in [5.41, 5.74) is 3.56. The van der Waals surface area contributed by atoms with Crippen LogP contribution in [0.1, 0.15) is 11.1 Å². The molecule has 118 valence electrons. The van der Waals surface area contributed by atoms with Crippen LogP contribution in [0, 0.1) is 11.3 Å². The molecule has 0 saturated carbocycles. The molecule has 1 amide bonds. The molecule has 2 N–H and O–H groups in total. The van der Waals surface area contributed by atoms with Crippen molar-refractivity contribution in [1.29, 1.82) is 5.26 Å². The van der Waals surface area contributed by atoms with Crippen molar-refractivity contribution in [2.75, 3.05) is 12.4 Å². The zero-order valence-corrected chi connectivity index (χ0v) is 12.9. The molecule has 0 fully saturated rings. The number of nitrogens with zero attached hydrogens (tertiary/aromatic N) is 2. The van der Waals surface area contributed by atoms with Crippen LogP contribution in [0.5, 0.6) is 0 Å². The second-order valence-corrected chi connectivity index (χ2v) is 5.04. The maximum absolute atomic E-state index is 11.4. The van der Waals surface area contributed by atoms with Gasteiger partial charge in [0.15, 0.2) is 0 Å². The number of nitriles is 1. The molecule has 0 bridgehead atoms. The van der Waals surface area contributed by atoms with Gasteiger partial charge in [-0.2, -0.15) is 5.26 Å². The van der Waals surface area contributed by atoms with Crippen molar-refractivity contribution in [3.63, 3.8) is 0 Å². The number of allylic oxidation sites excluding steroid dienone is 1. The second kappa shape index (κ2) is 6.67. The number of H-pyrrole nitrogens is 1. The Morgan fingerprint density at radius 2 is 2.29 bits per heavy atom. The Kier molecular flexibility index (Phi) is 4.25. The Balaban J connectivity index is 2.05. The first-order valence-electron chi connectivity index (χ1n) is 7.19. The highest BCUT2D eigenvalue weighted by atomic mass is 16.5. The number of pyridine rings is 1. The first kappa shape index (κ1) is 15.3. The summed E-state index contributed by atoms with van der Waals surface area (Å²) in [6.07, 6.45) is 6.38. The molecule has 2 aromatic heterocycles. The van der Waals surface area contributed by atoms with Gasteiger partial charge in [0.05, 0.1) is 18.8 Å². The van der Waals surface area contributed by atoms with Crippen molar-refractivity contribution in [2.24, 2.45) is 0 Å². The number of carbonyl (C=O) groups excluding carboxylic acids is 1. The number of fused-ring (bicyclic) bond motifs is 1. The van der Waals surface area contributed by atoms with Gasteiger partial charge < -0.3 is 9.72 Å². The molecule has 0 unspecified atom stereocenters. The highest BCUT2D eigenvalue weighted by Crippen LogP contribution is 2.28. The number of rotatable bonds is 3. The second-order valence-electron chi connectivity index (χ2n) is 5.04. The van der Waals surface area contributed by atoms with Gasteiger partial charge in [0, 0.05) is 40.7 Å². The first-order chi connectivity index (χ1) is 11.7. The van der Waals surface area contributed by atoms with Gasteiger partial charge in [0.25, 0.3) is 0 Å². The number of anilines is 1. The molecule has 0 aliphatic carbocycles. The van der Waals surface area contributed by atoms with Crippen molar-refractivity contribution in [3.05, 3.63) is 60.0 Å². The fourth-order valence-corrected chi connectivity index (χ4v) is 2.39. The van der Waals surface area contributed by atoms with Crippen LogP contribution < -0.4 is 5.32 Å². The predicted molar refractivity (Wildman–Crippen MR) is 92.0 cm³/mol. The van der Waals surface area contributed by atoms with Crippen molar-refractivity contribution in [3.8, 4) is 6.07 Å². The molecule has 24 heavy (non-hydrogen) atoms. The molecule has 3 rings (SSSR count). The summed E-state index contributed by atoms with van der Waals surface area (Å²) in [6, 6.07) is 11.3. The van der Waals surface area contributed by atoms with E-state index < -0.39 is 6.09 Å². The molecule has 0 saturated heterocycles. The minimum atomic E-state index is -0.544. The standard InChI is InChI=1S/C18H14N4O2/c1-24-18(23)22-14-4-5-17-15(8-14)16(11-21-17)13(9-19)7-12-3-2-6-20-10-12/h2-8,10-11,21H,1H3,(H,22,23)/b13-7+. The molecule has 2 heterocycles. The summed E-state index contributed by atoms with van der Waals surface area (Å²) in [5.74, 6) is 0. The Hall–Kier alpha value is -3.59. The highest BCUT2D eigenvalue weighted by molar-refractivity contribution is 6.02. The molecule has 0 aliphatic rings. The van der Waals surface area contributed by atoms with Crippen LogP contribution in [0.2, 0.25) is 0 Å². The summed E-state index contributed by atoms with van der Waals surface area (Å²) in [5, 5.41) is 13.0. The van der Waals surface area contributed by atoms with Gasteiger partial charge in [-0.1, -0.05) is 6.07 Å². The van der Waals surface area contributed by atoms with E-state index in [0.29, 0.717) is 11.3 Å². The number of nitrogens with one attached hydrogen (secondary N) is 2. The van der Waals surface area contributed by atoms with Gasteiger partial charge in [-0.3, -0.25) is 10.3 Å². The highest BCUT2D eigenvalue weighted by Gasteiger charge is 2.10. The number of benzene rings is 1. The van der Waals surface area contributed by atoms with E-state index in [1.54, 1.807) is 36.8 Å². The predicted octanol–water partition coefficient (Wildman–Crippen LogP) is 3.81. The van der Waals surface area contributed by atoms with Crippen molar-refractivity contribution in [1.82, 2.24) is 9.97 Å². The molecule has 6 heteroatoms. The lowest BCUT2D eigenvalue weighted by Gasteiger charge is -2.04. The number of hydrogen-bond acceptors (Lipinski definition) is 4. The normalized spacial score (nSPS) is 11.1. The van der Waals surface area contributed by atoms with Crippen LogP contribution in [0.4, 0.5) is 10.5 Å². The van der Waals surface area contributed by atoms with Gasteiger partial charge in [-0.25, -0.2) is 4.79 Å². The zero-order valence-electron chi connectivity index (χ0n) is 12.9. The third-order valence-electron chi connectivity index (χ3n) is 3.52. The average molecular weight is 318 g/mol. The number of aromatic amines is 1. The Morgan fingerprint density at radius 1 is 1.42 bits per heavy atom. The lowest BCUT2D eigenvalue weighted by molar-refractivity contribution is 0.187. The van der Waals surface area contributed by atoms with E-state index in [-0.39, 0.29) is 0 Å². The molecule has 1 aromatic carbocycles. The van der Waals surface area contributed by atoms with E-state index >= 15 is 0 Å². The Bertz CT molecular complexity index is 952. The van der Waals surface area contributed by atoms with Crippen molar-refractivity contribution >= 4 is 34.3 Å². The third-order valence-corrected chi connectivity index (χ3v) is 3.52. The molecule has 0 aliphatic heterocycles. The van der Waals surface area contributed by atoms with Crippen LogP contribution in [0.15, 0.2) is 48.9 Å². The van der Waals surface area contributed by atoms with E-state index in [4.69, 9.17) is 0 Å². The number of ether oxygens (including phenoxy) is 1. The van der Waals surface area contributed by atoms with Gasteiger partial charge >= 0.3 is 6.09 Å². The topological polar surface area (TPSA) is 90.8 Å².